The first-order chi connectivity index (χ1) is 16.2. The van der Waals surface area contributed by atoms with Gasteiger partial charge in [0.25, 0.3) is 0 Å². The van der Waals surface area contributed by atoms with Crippen LogP contribution in [0.3, 0.4) is 0 Å². The standard InChI is InChI=1S/C25H28FN5O2/c1-3-18-13-28-25(29-14-18)31-10-8-19(9-11-31)17-33-21-5-7-24(27-16-21)22-6-4-20(12-23(22)26)15-30-32-2/h4-7,12-16,19H,3,8-11,17H2,1-2H3/b30-15+. The minimum absolute atomic E-state index is 0.365. The average molecular weight is 450 g/mol. The normalized spacial score (nSPS) is 14.6. The van der Waals surface area contributed by atoms with Crippen LogP contribution in [0, 0.1) is 11.7 Å². The summed E-state index contributed by atoms with van der Waals surface area (Å²) in [6, 6.07) is 8.46. The minimum atomic E-state index is -0.365. The van der Waals surface area contributed by atoms with Crippen molar-refractivity contribution in [3.8, 4) is 17.0 Å². The first-order valence-electron chi connectivity index (χ1n) is 11.2. The zero-order valence-corrected chi connectivity index (χ0v) is 18.9. The molecule has 1 aromatic carbocycles. The summed E-state index contributed by atoms with van der Waals surface area (Å²) in [5, 5.41) is 3.65. The highest BCUT2D eigenvalue weighted by Gasteiger charge is 2.21. The quantitative estimate of drug-likeness (QED) is 0.372. The number of nitrogens with zero attached hydrogens (tertiary/aromatic N) is 5. The first kappa shape index (κ1) is 22.6. The zero-order chi connectivity index (χ0) is 23.0. The number of hydrogen-bond acceptors (Lipinski definition) is 7. The lowest BCUT2D eigenvalue weighted by Gasteiger charge is -2.31. The fourth-order valence-corrected chi connectivity index (χ4v) is 3.77. The molecule has 0 amide bonds. The minimum Gasteiger partial charge on any atom is -0.492 e. The van der Waals surface area contributed by atoms with E-state index in [0.29, 0.717) is 35.1 Å². The lowest BCUT2D eigenvalue weighted by molar-refractivity contribution is 0.215. The van der Waals surface area contributed by atoms with Crippen molar-refractivity contribution >= 4 is 12.2 Å². The average Bonchev–Trinajstić information content (AvgIpc) is 2.87. The third-order valence-corrected chi connectivity index (χ3v) is 5.80. The molecule has 0 unspecified atom stereocenters. The summed E-state index contributed by atoms with van der Waals surface area (Å²) in [7, 11) is 1.44. The topological polar surface area (TPSA) is 72.7 Å². The summed E-state index contributed by atoms with van der Waals surface area (Å²) in [6.45, 7) is 4.57. The molecule has 3 heterocycles. The smallest absolute Gasteiger partial charge is 0.225 e. The van der Waals surface area contributed by atoms with Gasteiger partial charge in [0.2, 0.25) is 5.95 Å². The Morgan fingerprint density at radius 2 is 1.88 bits per heavy atom. The molecule has 1 fully saturated rings. The van der Waals surface area contributed by atoms with Crippen LogP contribution >= 0.6 is 0 Å². The molecule has 33 heavy (non-hydrogen) atoms. The van der Waals surface area contributed by atoms with Crippen molar-refractivity contribution in [3.63, 3.8) is 0 Å². The summed E-state index contributed by atoms with van der Waals surface area (Å²) in [5.74, 6) is 1.59. The Kier molecular flexibility index (Phi) is 7.44. The molecule has 3 aromatic rings. The molecule has 172 valence electrons. The van der Waals surface area contributed by atoms with Gasteiger partial charge in [0.15, 0.2) is 0 Å². The maximum atomic E-state index is 14.5. The lowest BCUT2D eigenvalue weighted by atomic mass is 9.98. The fourth-order valence-electron chi connectivity index (χ4n) is 3.77. The van der Waals surface area contributed by atoms with Gasteiger partial charge in [-0.25, -0.2) is 14.4 Å². The van der Waals surface area contributed by atoms with Crippen molar-refractivity contribution in [1.29, 1.82) is 0 Å². The Bertz CT molecular complexity index is 1070. The highest BCUT2D eigenvalue weighted by molar-refractivity contribution is 5.80. The van der Waals surface area contributed by atoms with E-state index >= 15 is 0 Å². The van der Waals surface area contributed by atoms with Gasteiger partial charge in [-0.1, -0.05) is 18.1 Å². The van der Waals surface area contributed by atoms with Crippen LogP contribution in [0.4, 0.5) is 10.3 Å². The maximum Gasteiger partial charge on any atom is 0.225 e. The Labute approximate surface area is 193 Å². The molecule has 0 radical (unpaired) electrons. The van der Waals surface area contributed by atoms with Crippen LogP contribution in [0.5, 0.6) is 5.75 Å². The van der Waals surface area contributed by atoms with Crippen molar-refractivity contribution in [2.24, 2.45) is 11.1 Å². The molecule has 7 nitrogen and oxygen atoms in total. The maximum absolute atomic E-state index is 14.5. The Balaban J connectivity index is 1.28. The largest absolute Gasteiger partial charge is 0.492 e. The summed E-state index contributed by atoms with van der Waals surface area (Å²) in [6.07, 6.45) is 9.90. The molecule has 0 saturated carbocycles. The van der Waals surface area contributed by atoms with E-state index in [1.165, 1.54) is 19.4 Å². The first-order valence-corrected chi connectivity index (χ1v) is 11.2. The SMILES string of the molecule is CCc1cnc(N2CCC(COc3ccc(-c4ccc(/C=N/OC)cc4F)nc3)CC2)nc1. The molecular weight excluding hydrogens is 421 g/mol. The monoisotopic (exact) mass is 449 g/mol. The van der Waals surface area contributed by atoms with Crippen LogP contribution in [0.1, 0.15) is 30.9 Å². The third-order valence-electron chi connectivity index (χ3n) is 5.80. The molecular formula is C25H28FN5O2. The van der Waals surface area contributed by atoms with Crippen molar-refractivity contribution in [1.82, 2.24) is 15.0 Å². The van der Waals surface area contributed by atoms with Crippen LogP contribution in [0.2, 0.25) is 0 Å². The number of aromatic nitrogens is 3. The summed E-state index contributed by atoms with van der Waals surface area (Å²) in [5.41, 5.74) is 2.75. The molecule has 1 aliphatic rings. The number of oxime groups is 1. The molecule has 1 aliphatic heterocycles. The Hall–Kier alpha value is -3.55. The van der Waals surface area contributed by atoms with Gasteiger partial charge in [0.1, 0.15) is 18.7 Å². The lowest BCUT2D eigenvalue weighted by Crippen LogP contribution is -2.36. The second kappa shape index (κ2) is 10.8. The molecule has 2 aromatic heterocycles. The van der Waals surface area contributed by atoms with E-state index in [-0.39, 0.29) is 5.82 Å². The molecule has 4 rings (SSSR count). The van der Waals surface area contributed by atoms with Crippen LogP contribution in [-0.4, -0.2) is 48.0 Å². The van der Waals surface area contributed by atoms with E-state index in [4.69, 9.17) is 4.74 Å². The van der Waals surface area contributed by atoms with Crippen LogP contribution in [0.25, 0.3) is 11.3 Å². The molecule has 0 N–H and O–H groups in total. The predicted molar refractivity (Wildman–Crippen MR) is 126 cm³/mol. The van der Waals surface area contributed by atoms with E-state index in [1.807, 2.05) is 18.5 Å². The number of anilines is 1. The molecule has 0 spiro atoms. The number of benzene rings is 1. The van der Waals surface area contributed by atoms with E-state index in [0.717, 1.165) is 43.9 Å². The third kappa shape index (κ3) is 5.83. The number of ether oxygens (including phenoxy) is 1. The van der Waals surface area contributed by atoms with E-state index < -0.39 is 0 Å². The highest BCUT2D eigenvalue weighted by Crippen LogP contribution is 2.25. The van der Waals surface area contributed by atoms with Gasteiger partial charge in [-0.2, -0.15) is 0 Å². The highest BCUT2D eigenvalue weighted by atomic mass is 19.1. The van der Waals surface area contributed by atoms with Gasteiger partial charge >= 0.3 is 0 Å². The van der Waals surface area contributed by atoms with Gasteiger partial charge in [0, 0.05) is 31.0 Å². The van der Waals surface area contributed by atoms with E-state index in [1.54, 1.807) is 24.4 Å². The molecule has 0 atom stereocenters. The summed E-state index contributed by atoms with van der Waals surface area (Å²) in [4.78, 5) is 20.2. The second-order valence-electron chi connectivity index (χ2n) is 8.02. The molecule has 8 heteroatoms. The number of halogens is 1. The van der Waals surface area contributed by atoms with Gasteiger partial charge in [0.05, 0.1) is 24.7 Å². The number of aryl methyl sites for hydroxylation is 1. The number of hydrogen-bond donors (Lipinski definition) is 0. The van der Waals surface area contributed by atoms with Gasteiger partial charge in [-0.3, -0.25) is 4.98 Å². The van der Waals surface area contributed by atoms with Crippen molar-refractivity contribution < 1.29 is 14.0 Å². The van der Waals surface area contributed by atoms with Crippen LogP contribution in [-0.2, 0) is 11.3 Å². The zero-order valence-electron chi connectivity index (χ0n) is 18.9. The molecule has 1 saturated heterocycles. The van der Waals surface area contributed by atoms with Gasteiger partial charge < -0.3 is 14.5 Å². The predicted octanol–water partition coefficient (Wildman–Crippen LogP) is 4.52. The summed E-state index contributed by atoms with van der Waals surface area (Å²) < 4.78 is 20.4. The molecule has 0 bridgehead atoms. The van der Waals surface area contributed by atoms with Crippen LogP contribution < -0.4 is 9.64 Å². The van der Waals surface area contributed by atoms with E-state index in [9.17, 15) is 4.39 Å². The number of rotatable bonds is 8. The van der Waals surface area contributed by atoms with Crippen molar-refractivity contribution in [2.75, 3.05) is 31.7 Å². The Morgan fingerprint density at radius 1 is 1.09 bits per heavy atom. The van der Waals surface area contributed by atoms with Gasteiger partial charge in [-0.05, 0) is 60.6 Å². The van der Waals surface area contributed by atoms with Crippen molar-refractivity contribution in [2.45, 2.75) is 26.2 Å². The summed E-state index contributed by atoms with van der Waals surface area (Å²) >= 11 is 0. The number of piperidine rings is 1. The van der Waals surface area contributed by atoms with Gasteiger partial charge in [-0.15, -0.1) is 0 Å². The molecule has 0 aliphatic carbocycles. The fraction of sp³-hybridized carbons (Fsp3) is 0.360. The number of pyridine rings is 1. The van der Waals surface area contributed by atoms with E-state index in [2.05, 4.69) is 36.8 Å². The van der Waals surface area contributed by atoms with Crippen LogP contribution in [0.15, 0.2) is 54.1 Å². The van der Waals surface area contributed by atoms with Crippen molar-refractivity contribution in [3.05, 3.63) is 65.9 Å². The Morgan fingerprint density at radius 3 is 2.52 bits per heavy atom. The second-order valence-corrected chi connectivity index (χ2v) is 8.02.